The smallest absolute Gasteiger partial charge is 0.279 e. The topological polar surface area (TPSA) is 110 Å². The van der Waals surface area contributed by atoms with Crippen molar-refractivity contribution in [1.82, 2.24) is 19.7 Å². The van der Waals surface area contributed by atoms with Gasteiger partial charge in [-0.05, 0) is 25.5 Å². The minimum Gasteiger partial charge on any atom is -0.508 e. The molecule has 1 aliphatic heterocycles. The second-order valence-electron chi connectivity index (χ2n) is 6.69. The molecule has 150 valence electrons. The van der Waals surface area contributed by atoms with Gasteiger partial charge in [-0.1, -0.05) is 11.3 Å². The molecule has 4 rings (SSSR count). The summed E-state index contributed by atoms with van der Waals surface area (Å²) in [5.41, 5.74) is 0.797. The van der Waals surface area contributed by atoms with Crippen LogP contribution in [0.1, 0.15) is 32.1 Å². The number of anilines is 1. The van der Waals surface area contributed by atoms with E-state index in [2.05, 4.69) is 15.4 Å². The molecule has 0 spiro atoms. The Kier molecular flexibility index (Phi) is 4.93. The van der Waals surface area contributed by atoms with E-state index in [9.17, 15) is 14.7 Å². The highest BCUT2D eigenvalue weighted by Gasteiger charge is 2.26. The normalized spacial score (nSPS) is 13.1. The number of phenols is 1. The van der Waals surface area contributed by atoms with Gasteiger partial charge in [-0.3, -0.25) is 14.3 Å². The first kappa shape index (κ1) is 18.9. The van der Waals surface area contributed by atoms with Gasteiger partial charge in [0.05, 0.1) is 5.69 Å². The van der Waals surface area contributed by atoms with Crippen LogP contribution in [0.5, 0.6) is 16.7 Å². The minimum atomic E-state index is -0.437. The molecule has 0 aliphatic carbocycles. The maximum atomic E-state index is 12.5. The molecule has 0 atom stereocenters. The number of amides is 2. The number of thiazole rings is 1. The molecule has 0 saturated carbocycles. The van der Waals surface area contributed by atoms with Gasteiger partial charge in [0.25, 0.3) is 17.0 Å². The van der Waals surface area contributed by atoms with Crippen molar-refractivity contribution in [3.8, 4) is 16.7 Å². The number of hydrogen-bond donors (Lipinski definition) is 2. The summed E-state index contributed by atoms with van der Waals surface area (Å²) in [6.45, 7) is 3.27. The summed E-state index contributed by atoms with van der Waals surface area (Å²) in [5.74, 6) is 0.0283. The van der Waals surface area contributed by atoms with E-state index in [0.717, 1.165) is 30.8 Å². The first-order valence-electron chi connectivity index (χ1n) is 8.98. The van der Waals surface area contributed by atoms with Crippen molar-refractivity contribution in [2.75, 3.05) is 18.4 Å². The molecule has 0 unspecified atom stereocenters. The molecule has 1 aromatic carbocycles. The lowest BCUT2D eigenvalue weighted by molar-refractivity contribution is 0.0656. The van der Waals surface area contributed by atoms with Gasteiger partial charge in [-0.2, -0.15) is 5.10 Å². The number of hydrogen-bond acceptors (Lipinski definition) is 7. The first-order valence-corrected chi connectivity index (χ1v) is 9.80. The molecule has 9 nitrogen and oxygen atoms in total. The molecule has 1 fully saturated rings. The van der Waals surface area contributed by atoms with Crippen molar-refractivity contribution in [1.29, 1.82) is 0 Å². The summed E-state index contributed by atoms with van der Waals surface area (Å²) < 4.78 is 7.29. The molecule has 2 N–H and O–H groups in total. The molecule has 0 radical (unpaired) electrons. The van der Waals surface area contributed by atoms with Crippen LogP contribution in [0.15, 0.2) is 30.5 Å². The lowest BCUT2D eigenvalue weighted by Crippen LogP contribution is -2.41. The summed E-state index contributed by atoms with van der Waals surface area (Å²) in [5, 5.41) is 17.0. The summed E-state index contributed by atoms with van der Waals surface area (Å²) in [4.78, 5) is 31.5. The van der Waals surface area contributed by atoms with Gasteiger partial charge in [0.2, 0.25) is 0 Å². The number of rotatable bonds is 5. The van der Waals surface area contributed by atoms with E-state index in [4.69, 9.17) is 4.74 Å². The molecule has 29 heavy (non-hydrogen) atoms. The Bertz CT molecular complexity index is 1090. The summed E-state index contributed by atoms with van der Waals surface area (Å²) >= 11 is 1.15. The van der Waals surface area contributed by atoms with Crippen molar-refractivity contribution >= 4 is 29.0 Å². The Balaban J connectivity index is 1.52. The Labute approximate surface area is 170 Å². The van der Waals surface area contributed by atoms with Crippen LogP contribution in [0, 0.1) is 6.92 Å². The summed E-state index contributed by atoms with van der Waals surface area (Å²) in [6, 6.07) is 5.86. The van der Waals surface area contributed by atoms with Crippen LogP contribution in [-0.2, 0) is 7.05 Å². The SMILES string of the molecule is Cc1nc(Oc2cc(O)cc(C(=O)Nc3ccn(C)n3)c2)sc1C(=O)N1CCC1. The van der Waals surface area contributed by atoms with Crippen LogP contribution in [0.2, 0.25) is 0 Å². The Hall–Kier alpha value is -3.40. The second-order valence-corrected chi connectivity index (χ2v) is 7.65. The molecule has 0 bridgehead atoms. The van der Waals surface area contributed by atoms with Crippen LogP contribution in [0.3, 0.4) is 0 Å². The van der Waals surface area contributed by atoms with Gasteiger partial charge >= 0.3 is 0 Å². The van der Waals surface area contributed by atoms with Gasteiger partial charge in [0.1, 0.15) is 16.4 Å². The lowest BCUT2D eigenvalue weighted by Gasteiger charge is -2.30. The Morgan fingerprint density at radius 2 is 2.07 bits per heavy atom. The molecular formula is C19H19N5O4S. The average molecular weight is 413 g/mol. The highest BCUT2D eigenvalue weighted by Crippen LogP contribution is 2.32. The number of ether oxygens (including phenoxy) is 1. The van der Waals surface area contributed by atoms with E-state index in [0.29, 0.717) is 16.4 Å². The first-order chi connectivity index (χ1) is 13.9. The molecule has 2 aromatic heterocycles. The molecule has 1 aliphatic rings. The number of carbonyl (C=O) groups is 2. The second kappa shape index (κ2) is 7.55. The van der Waals surface area contributed by atoms with E-state index in [1.54, 1.807) is 35.8 Å². The maximum Gasteiger partial charge on any atom is 0.279 e. The fraction of sp³-hybridized carbons (Fsp3) is 0.263. The predicted octanol–water partition coefficient (Wildman–Crippen LogP) is 2.78. The van der Waals surface area contributed by atoms with E-state index < -0.39 is 5.91 Å². The summed E-state index contributed by atoms with van der Waals surface area (Å²) in [7, 11) is 1.74. The van der Waals surface area contributed by atoms with E-state index in [-0.39, 0.29) is 28.2 Å². The Morgan fingerprint density at radius 1 is 1.28 bits per heavy atom. The third-order valence-electron chi connectivity index (χ3n) is 4.43. The Morgan fingerprint density at radius 3 is 2.72 bits per heavy atom. The van der Waals surface area contributed by atoms with Crippen molar-refractivity contribution in [2.45, 2.75) is 13.3 Å². The monoisotopic (exact) mass is 413 g/mol. The highest BCUT2D eigenvalue weighted by atomic mass is 32.1. The molecule has 10 heteroatoms. The predicted molar refractivity (Wildman–Crippen MR) is 107 cm³/mol. The quantitative estimate of drug-likeness (QED) is 0.666. The average Bonchev–Trinajstić information content (AvgIpc) is 3.18. The zero-order chi connectivity index (χ0) is 20.5. The number of phenolic OH excluding ortho intramolecular Hbond substituents is 1. The van der Waals surface area contributed by atoms with Gasteiger partial charge in [0, 0.05) is 44.0 Å². The maximum absolute atomic E-state index is 12.5. The fourth-order valence-corrected chi connectivity index (χ4v) is 3.73. The number of benzene rings is 1. The summed E-state index contributed by atoms with van der Waals surface area (Å²) in [6.07, 6.45) is 2.72. The van der Waals surface area contributed by atoms with Crippen molar-refractivity contribution in [3.63, 3.8) is 0 Å². The molecule has 3 aromatic rings. The molecule has 2 amide bonds. The number of likely N-dealkylation sites (tertiary alicyclic amines) is 1. The lowest BCUT2D eigenvalue weighted by atomic mass is 10.2. The fourth-order valence-electron chi connectivity index (χ4n) is 2.82. The number of nitrogens with zero attached hydrogens (tertiary/aromatic N) is 4. The zero-order valence-electron chi connectivity index (χ0n) is 15.9. The largest absolute Gasteiger partial charge is 0.508 e. The van der Waals surface area contributed by atoms with Crippen LogP contribution in [0.4, 0.5) is 5.82 Å². The minimum absolute atomic E-state index is 0.0487. The van der Waals surface area contributed by atoms with Crippen LogP contribution < -0.4 is 10.1 Å². The number of carbonyl (C=O) groups excluding carboxylic acids is 2. The van der Waals surface area contributed by atoms with Gasteiger partial charge in [-0.25, -0.2) is 4.98 Å². The standard InChI is InChI=1S/C19H19N5O4S/c1-11-16(18(27)24-5-3-6-24)29-19(20-11)28-14-9-12(8-13(25)10-14)17(26)21-15-4-7-23(2)22-15/h4,7-10,25H,3,5-6H2,1-2H3,(H,21,22,26). The van der Waals surface area contributed by atoms with Crippen molar-refractivity contribution < 1.29 is 19.4 Å². The number of aromatic nitrogens is 3. The van der Waals surface area contributed by atoms with E-state index >= 15 is 0 Å². The molecule has 1 saturated heterocycles. The zero-order valence-corrected chi connectivity index (χ0v) is 16.7. The molecular weight excluding hydrogens is 394 g/mol. The van der Waals surface area contributed by atoms with E-state index in [1.165, 1.54) is 18.2 Å². The van der Waals surface area contributed by atoms with Crippen molar-refractivity contribution in [2.24, 2.45) is 7.05 Å². The van der Waals surface area contributed by atoms with Crippen molar-refractivity contribution in [3.05, 3.63) is 46.6 Å². The third-order valence-corrected chi connectivity index (χ3v) is 5.45. The third kappa shape index (κ3) is 4.06. The molecule has 3 heterocycles. The van der Waals surface area contributed by atoms with Gasteiger partial charge < -0.3 is 20.1 Å². The highest BCUT2D eigenvalue weighted by molar-refractivity contribution is 7.15. The number of aryl methyl sites for hydroxylation is 2. The van der Waals surface area contributed by atoms with Gasteiger partial charge in [0.15, 0.2) is 5.82 Å². The van der Waals surface area contributed by atoms with Crippen LogP contribution >= 0.6 is 11.3 Å². The number of nitrogens with one attached hydrogen (secondary N) is 1. The van der Waals surface area contributed by atoms with Gasteiger partial charge in [-0.15, -0.1) is 0 Å². The van der Waals surface area contributed by atoms with Crippen LogP contribution in [0.25, 0.3) is 0 Å². The van der Waals surface area contributed by atoms with E-state index in [1.807, 2.05) is 0 Å². The number of aromatic hydroxyl groups is 1. The van der Waals surface area contributed by atoms with Crippen LogP contribution in [-0.4, -0.2) is 49.7 Å².